The van der Waals surface area contributed by atoms with Gasteiger partial charge in [0.1, 0.15) is 11.9 Å². The molecule has 2 rings (SSSR count). The summed E-state index contributed by atoms with van der Waals surface area (Å²) in [5.41, 5.74) is 0.957. The zero-order valence-corrected chi connectivity index (χ0v) is 18.8. The minimum atomic E-state index is -0.671. The van der Waals surface area contributed by atoms with Gasteiger partial charge in [-0.1, -0.05) is 61.7 Å². The molecular formula is C23H27Cl2FN2O2. The second kappa shape index (κ2) is 11.9. The third kappa shape index (κ3) is 6.71. The van der Waals surface area contributed by atoms with Gasteiger partial charge < -0.3 is 10.2 Å². The summed E-state index contributed by atoms with van der Waals surface area (Å²) >= 11 is 12.1. The Bertz CT molecular complexity index is 839. The second-order valence-corrected chi connectivity index (χ2v) is 7.94. The molecule has 2 aromatic rings. The van der Waals surface area contributed by atoms with E-state index in [-0.39, 0.29) is 35.4 Å². The lowest BCUT2D eigenvalue weighted by atomic mass is 10.1. The number of nitrogens with zero attached hydrogens (tertiary/aromatic N) is 1. The lowest BCUT2D eigenvalue weighted by Crippen LogP contribution is -2.49. The SMILES string of the molecule is CCCCNC(=O)[C@H](CC)N(Cc1ccc(Cl)cc1)C(=O)Cc1c(F)cccc1Cl. The zero-order chi connectivity index (χ0) is 22.1. The number of hydrogen-bond acceptors (Lipinski definition) is 2. The number of benzene rings is 2. The number of halogens is 3. The van der Waals surface area contributed by atoms with Crippen LogP contribution in [0.4, 0.5) is 4.39 Å². The van der Waals surface area contributed by atoms with Crippen LogP contribution in [0.2, 0.25) is 10.0 Å². The number of amides is 2. The summed E-state index contributed by atoms with van der Waals surface area (Å²) in [6.07, 6.45) is 2.02. The molecule has 1 atom stereocenters. The summed E-state index contributed by atoms with van der Waals surface area (Å²) in [5, 5.41) is 3.67. The van der Waals surface area contributed by atoms with Gasteiger partial charge in [0.25, 0.3) is 0 Å². The molecular weight excluding hydrogens is 426 g/mol. The maximum Gasteiger partial charge on any atom is 0.242 e. The Balaban J connectivity index is 2.29. The summed E-state index contributed by atoms with van der Waals surface area (Å²) in [6.45, 7) is 4.65. The Morgan fingerprint density at radius 1 is 1.10 bits per heavy atom. The van der Waals surface area contributed by atoms with Crippen molar-refractivity contribution in [3.63, 3.8) is 0 Å². The minimum Gasteiger partial charge on any atom is -0.354 e. The Labute approximate surface area is 187 Å². The lowest BCUT2D eigenvalue weighted by molar-refractivity contribution is -0.141. The van der Waals surface area contributed by atoms with Crippen molar-refractivity contribution in [1.29, 1.82) is 0 Å². The molecule has 0 aromatic heterocycles. The molecule has 0 heterocycles. The van der Waals surface area contributed by atoms with Gasteiger partial charge in [0.2, 0.25) is 11.8 Å². The van der Waals surface area contributed by atoms with E-state index in [1.807, 2.05) is 13.8 Å². The number of carbonyl (C=O) groups excluding carboxylic acids is 2. The van der Waals surface area contributed by atoms with Gasteiger partial charge in [0.05, 0.1) is 6.42 Å². The van der Waals surface area contributed by atoms with Crippen molar-refractivity contribution >= 4 is 35.0 Å². The van der Waals surface area contributed by atoms with Crippen molar-refractivity contribution in [2.24, 2.45) is 0 Å². The third-order valence-electron chi connectivity index (χ3n) is 4.87. The standard InChI is InChI=1S/C23H27Cl2FN2O2/c1-3-5-13-27-23(30)21(4-2)28(15-16-9-11-17(24)12-10-16)22(29)14-18-19(25)7-6-8-20(18)26/h6-12,21H,3-5,13-15H2,1-2H3,(H,27,30)/t21-/m0/s1. The lowest BCUT2D eigenvalue weighted by Gasteiger charge is -2.31. The molecule has 30 heavy (non-hydrogen) atoms. The molecule has 2 amide bonds. The number of nitrogens with one attached hydrogen (secondary N) is 1. The maximum absolute atomic E-state index is 14.2. The Morgan fingerprint density at radius 2 is 1.80 bits per heavy atom. The summed E-state index contributed by atoms with van der Waals surface area (Å²) in [5.74, 6) is -1.12. The van der Waals surface area contributed by atoms with Gasteiger partial charge in [-0.2, -0.15) is 0 Å². The molecule has 4 nitrogen and oxygen atoms in total. The molecule has 7 heteroatoms. The van der Waals surface area contributed by atoms with Crippen LogP contribution in [-0.4, -0.2) is 29.3 Å². The third-order valence-corrected chi connectivity index (χ3v) is 5.48. The van der Waals surface area contributed by atoms with Gasteiger partial charge in [-0.15, -0.1) is 0 Å². The first-order valence-corrected chi connectivity index (χ1v) is 10.9. The topological polar surface area (TPSA) is 49.4 Å². The van der Waals surface area contributed by atoms with E-state index >= 15 is 0 Å². The molecule has 162 valence electrons. The van der Waals surface area contributed by atoms with Gasteiger partial charge in [-0.05, 0) is 42.7 Å². The first-order chi connectivity index (χ1) is 14.4. The van der Waals surface area contributed by atoms with E-state index in [0.717, 1.165) is 18.4 Å². The first-order valence-electron chi connectivity index (χ1n) is 10.1. The largest absolute Gasteiger partial charge is 0.354 e. The van der Waals surface area contributed by atoms with Crippen LogP contribution >= 0.6 is 23.2 Å². The van der Waals surface area contributed by atoms with Gasteiger partial charge >= 0.3 is 0 Å². The van der Waals surface area contributed by atoms with Crippen LogP contribution in [0.3, 0.4) is 0 Å². The summed E-state index contributed by atoms with van der Waals surface area (Å²) in [4.78, 5) is 27.5. The molecule has 0 spiro atoms. The Hall–Kier alpha value is -2.11. The first kappa shape index (κ1) is 24.2. The molecule has 0 aliphatic carbocycles. The van der Waals surface area contributed by atoms with Crippen LogP contribution in [0.1, 0.15) is 44.2 Å². The van der Waals surface area contributed by atoms with Gasteiger partial charge in [0, 0.05) is 28.7 Å². The molecule has 0 aliphatic heterocycles. The monoisotopic (exact) mass is 452 g/mol. The molecule has 0 saturated carbocycles. The van der Waals surface area contributed by atoms with Crippen LogP contribution in [0.5, 0.6) is 0 Å². The molecule has 0 saturated heterocycles. The summed E-state index contributed by atoms with van der Waals surface area (Å²) in [7, 11) is 0. The van der Waals surface area contributed by atoms with Gasteiger partial charge in [-0.3, -0.25) is 9.59 Å². The van der Waals surface area contributed by atoms with Crippen molar-refractivity contribution in [3.05, 3.63) is 69.5 Å². The van der Waals surface area contributed by atoms with Crippen LogP contribution in [0, 0.1) is 5.82 Å². The Kier molecular flexibility index (Phi) is 9.60. The highest BCUT2D eigenvalue weighted by Crippen LogP contribution is 2.22. The van der Waals surface area contributed by atoms with Crippen molar-refractivity contribution in [1.82, 2.24) is 10.2 Å². The highest BCUT2D eigenvalue weighted by molar-refractivity contribution is 6.31. The highest BCUT2D eigenvalue weighted by atomic mass is 35.5. The maximum atomic E-state index is 14.2. The number of carbonyl (C=O) groups is 2. The molecule has 2 aromatic carbocycles. The van der Waals surface area contributed by atoms with Crippen LogP contribution < -0.4 is 5.32 Å². The fraction of sp³-hybridized carbons (Fsp3) is 0.391. The van der Waals surface area contributed by atoms with E-state index in [2.05, 4.69) is 5.32 Å². The molecule has 0 radical (unpaired) electrons. The van der Waals surface area contributed by atoms with E-state index in [1.165, 1.54) is 17.0 Å². The highest BCUT2D eigenvalue weighted by Gasteiger charge is 2.29. The average Bonchev–Trinajstić information content (AvgIpc) is 2.72. The van der Waals surface area contributed by atoms with Gasteiger partial charge in [0.15, 0.2) is 0 Å². The summed E-state index contributed by atoms with van der Waals surface area (Å²) in [6, 6.07) is 10.7. The number of unbranched alkanes of at least 4 members (excludes halogenated alkanes) is 1. The van der Waals surface area contributed by atoms with E-state index in [1.54, 1.807) is 30.3 Å². The molecule has 1 N–H and O–H groups in total. The predicted molar refractivity (Wildman–Crippen MR) is 119 cm³/mol. The minimum absolute atomic E-state index is 0.131. The fourth-order valence-corrected chi connectivity index (χ4v) is 3.52. The quantitative estimate of drug-likeness (QED) is 0.490. The number of hydrogen-bond donors (Lipinski definition) is 1. The van der Waals surface area contributed by atoms with Crippen molar-refractivity contribution in [2.45, 2.75) is 52.1 Å². The molecule has 0 bridgehead atoms. The van der Waals surface area contributed by atoms with Crippen LogP contribution in [0.25, 0.3) is 0 Å². The van der Waals surface area contributed by atoms with E-state index < -0.39 is 11.9 Å². The van der Waals surface area contributed by atoms with Crippen LogP contribution in [0.15, 0.2) is 42.5 Å². The van der Waals surface area contributed by atoms with Gasteiger partial charge in [-0.25, -0.2) is 4.39 Å². The summed E-state index contributed by atoms with van der Waals surface area (Å²) < 4.78 is 14.2. The van der Waals surface area contributed by atoms with Crippen LogP contribution in [-0.2, 0) is 22.6 Å². The average molecular weight is 453 g/mol. The number of rotatable bonds is 10. The van der Waals surface area contributed by atoms with E-state index in [4.69, 9.17) is 23.2 Å². The normalized spacial score (nSPS) is 11.8. The predicted octanol–water partition coefficient (Wildman–Crippen LogP) is 5.40. The second-order valence-electron chi connectivity index (χ2n) is 7.09. The molecule has 0 fully saturated rings. The van der Waals surface area contributed by atoms with Crippen molar-refractivity contribution in [3.8, 4) is 0 Å². The van der Waals surface area contributed by atoms with E-state index in [0.29, 0.717) is 18.0 Å². The zero-order valence-electron chi connectivity index (χ0n) is 17.3. The van der Waals surface area contributed by atoms with E-state index in [9.17, 15) is 14.0 Å². The van der Waals surface area contributed by atoms with Crippen molar-refractivity contribution < 1.29 is 14.0 Å². The molecule has 0 unspecified atom stereocenters. The van der Waals surface area contributed by atoms with Crippen molar-refractivity contribution in [2.75, 3.05) is 6.54 Å². The smallest absolute Gasteiger partial charge is 0.242 e. The molecule has 0 aliphatic rings. The Morgan fingerprint density at radius 3 is 2.40 bits per heavy atom. The fourth-order valence-electron chi connectivity index (χ4n) is 3.17.